The Morgan fingerprint density at radius 2 is 1.90 bits per heavy atom. The largest absolute Gasteiger partial charge is 0.221 e. The van der Waals surface area contributed by atoms with E-state index < -0.39 is 17.3 Å². The van der Waals surface area contributed by atoms with Crippen molar-refractivity contribution in [3.05, 3.63) is 29.8 Å². The van der Waals surface area contributed by atoms with Crippen LogP contribution >= 0.6 is 0 Å². The molecule has 0 atom stereocenters. The standard InChI is InChI=1S/C6H4F3N/c7-4-2-1-3-5(10-9)6(4)8/h1-3,10H. The van der Waals surface area contributed by atoms with Gasteiger partial charge < -0.3 is 0 Å². The van der Waals surface area contributed by atoms with Crippen LogP contribution in [0.4, 0.5) is 18.9 Å². The second-order valence-electron chi connectivity index (χ2n) is 1.70. The van der Waals surface area contributed by atoms with E-state index in [2.05, 4.69) is 0 Å². The van der Waals surface area contributed by atoms with E-state index in [4.69, 9.17) is 0 Å². The van der Waals surface area contributed by atoms with Gasteiger partial charge in [-0.25, -0.2) is 14.3 Å². The molecule has 0 saturated carbocycles. The molecule has 4 heteroatoms. The summed E-state index contributed by atoms with van der Waals surface area (Å²) in [6.45, 7) is 0. The van der Waals surface area contributed by atoms with Crippen molar-refractivity contribution in [1.82, 2.24) is 0 Å². The molecule has 0 aromatic heterocycles. The molecule has 10 heavy (non-hydrogen) atoms. The fourth-order valence-electron chi connectivity index (χ4n) is 0.577. The molecule has 0 unspecified atom stereocenters. The van der Waals surface area contributed by atoms with Crippen molar-refractivity contribution < 1.29 is 13.3 Å². The maximum absolute atomic E-state index is 12.3. The van der Waals surface area contributed by atoms with E-state index in [1.54, 1.807) is 0 Å². The average molecular weight is 147 g/mol. The number of nitrogens with one attached hydrogen (secondary N) is 1. The number of anilines is 1. The lowest BCUT2D eigenvalue weighted by atomic mass is 10.3. The minimum atomic E-state index is -1.20. The Kier molecular flexibility index (Phi) is 1.80. The Hall–Kier alpha value is -1.19. The molecule has 1 aromatic rings. The van der Waals surface area contributed by atoms with Crippen molar-refractivity contribution >= 4 is 5.69 Å². The fraction of sp³-hybridized carbons (Fsp3) is 0. The van der Waals surface area contributed by atoms with Crippen LogP contribution in [0.15, 0.2) is 18.2 Å². The van der Waals surface area contributed by atoms with Gasteiger partial charge in [0, 0.05) is 0 Å². The van der Waals surface area contributed by atoms with Gasteiger partial charge in [-0.05, 0) is 12.1 Å². The third-order valence-corrected chi connectivity index (χ3v) is 1.05. The lowest BCUT2D eigenvalue weighted by molar-refractivity contribution is 0.501. The summed E-state index contributed by atoms with van der Waals surface area (Å²) < 4.78 is 36.0. The first-order chi connectivity index (χ1) is 4.75. The molecule has 1 aromatic carbocycles. The van der Waals surface area contributed by atoms with E-state index in [0.717, 1.165) is 17.7 Å². The molecular weight excluding hydrogens is 143 g/mol. The minimum Gasteiger partial charge on any atom is -0.221 e. The zero-order valence-electron chi connectivity index (χ0n) is 4.87. The Morgan fingerprint density at radius 3 is 2.40 bits per heavy atom. The van der Waals surface area contributed by atoms with Crippen molar-refractivity contribution in [2.75, 3.05) is 5.54 Å². The summed E-state index contributed by atoms with van der Waals surface area (Å²) in [6, 6.07) is 3.22. The van der Waals surface area contributed by atoms with Crippen LogP contribution < -0.4 is 5.54 Å². The van der Waals surface area contributed by atoms with E-state index in [0.29, 0.717) is 0 Å². The van der Waals surface area contributed by atoms with E-state index in [-0.39, 0.29) is 0 Å². The second-order valence-corrected chi connectivity index (χ2v) is 1.70. The van der Waals surface area contributed by atoms with Crippen molar-refractivity contribution in [1.29, 1.82) is 0 Å². The van der Waals surface area contributed by atoms with Crippen molar-refractivity contribution in [3.8, 4) is 0 Å². The summed E-state index contributed by atoms with van der Waals surface area (Å²) >= 11 is 0. The van der Waals surface area contributed by atoms with Crippen molar-refractivity contribution in [2.45, 2.75) is 0 Å². The van der Waals surface area contributed by atoms with Crippen LogP contribution in [0.5, 0.6) is 0 Å². The quantitative estimate of drug-likeness (QED) is 0.601. The highest BCUT2D eigenvalue weighted by atomic mass is 19.2. The maximum Gasteiger partial charge on any atom is 0.184 e. The number of hydrogen-bond acceptors (Lipinski definition) is 1. The van der Waals surface area contributed by atoms with E-state index in [9.17, 15) is 13.3 Å². The molecule has 0 spiro atoms. The van der Waals surface area contributed by atoms with Crippen LogP contribution in [-0.2, 0) is 0 Å². The topological polar surface area (TPSA) is 12.0 Å². The van der Waals surface area contributed by atoms with Crippen LogP contribution in [0.1, 0.15) is 0 Å². The van der Waals surface area contributed by atoms with Gasteiger partial charge in [-0.15, -0.1) is 4.48 Å². The van der Waals surface area contributed by atoms with Crippen LogP contribution in [0.2, 0.25) is 0 Å². The van der Waals surface area contributed by atoms with Crippen LogP contribution in [0, 0.1) is 11.6 Å². The summed E-state index contributed by atoms with van der Waals surface area (Å²) in [6.07, 6.45) is 0. The first-order valence-electron chi connectivity index (χ1n) is 2.56. The number of halogens is 3. The SMILES string of the molecule is FNc1cccc(F)c1F. The van der Waals surface area contributed by atoms with Crippen LogP contribution in [0.3, 0.4) is 0 Å². The molecule has 0 aliphatic rings. The minimum absolute atomic E-state index is 0.486. The Bertz CT molecular complexity index is 236. The number of rotatable bonds is 1. The van der Waals surface area contributed by atoms with Crippen LogP contribution in [-0.4, -0.2) is 0 Å². The highest BCUT2D eigenvalue weighted by Gasteiger charge is 2.05. The summed E-state index contributed by atoms with van der Waals surface area (Å²) in [5.74, 6) is -2.27. The molecule has 0 bridgehead atoms. The second kappa shape index (κ2) is 2.60. The van der Waals surface area contributed by atoms with Gasteiger partial charge in [-0.3, -0.25) is 0 Å². The predicted molar refractivity (Wildman–Crippen MR) is 31.1 cm³/mol. The Balaban J connectivity index is 3.14. The highest BCUT2D eigenvalue weighted by molar-refractivity contribution is 5.42. The average Bonchev–Trinajstić information content (AvgIpc) is 1.95. The van der Waals surface area contributed by atoms with E-state index in [1.807, 2.05) is 0 Å². The lowest BCUT2D eigenvalue weighted by Gasteiger charge is -1.97. The summed E-state index contributed by atoms with van der Waals surface area (Å²) in [5.41, 5.74) is 0.535. The fourth-order valence-corrected chi connectivity index (χ4v) is 0.577. The first kappa shape index (κ1) is 6.92. The summed E-state index contributed by atoms with van der Waals surface area (Å²) in [4.78, 5) is 0. The van der Waals surface area contributed by atoms with E-state index in [1.165, 1.54) is 6.07 Å². The normalized spacial score (nSPS) is 9.50. The van der Waals surface area contributed by atoms with Crippen molar-refractivity contribution in [3.63, 3.8) is 0 Å². The highest BCUT2D eigenvalue weighted by Crippen LogP contribution is 2.15. The number of benzene rings is 1. The molecule has 0 aliphatic carbocycles. The first-order valence-corrected chi connectivity index (χ1v) is 2.56. The molecule has 0 amide bonds. The number of hydrogen-bond donors (Lipinski definition) is 1. The Labute approximate surface area is 55.4 Å². The van der Waals surface area contributed by atoms with Gasteiger partial charge in [0.1, 0.15) is 5.69 Å². The maximum atomic E-state index is 12.3. The van der Waals surface area contributed by atoms with Crippen molar-refractivity contribution in [2.24, 2.45) is 0 Å². The Morgan fingerprint density at radius 1 is 1.20 bits per heavy atom. The smallest absolute Gasteiger partial charge is 0.184 e. The monoisotopic (exact) mass is 147 g/mol. The molecule has 0 fully saturated rings. The van der Waals surface area contributed by atoms with E-state index >= 15 is 0 Å². The molecule has 0 radical (unpaired) electrons. The predicted octanol–water partition coefficient (Wildman–Crippen LogP) is 2.26. The van der Waals surface area contributed by atoms with Gasteiger partial charge in [-0.2, -0.15) is 0 Å². The van der Waals surface area contributed by atoms with Gasteiger partial charge in [0.15, 0.2) is 11.6 Å². The van der Waals surface area contributed by atoms with Gasteiger partial charge in [-0.1, -0.05) is 6.07 Å². The molecule has 0 heterocycles. The van der Waals surface area contributed by atoms with Gasteiger partial charge in [0.2, 0.25) is 0 Å². The van der Waals surface area contributed by atoms with Gasteiger partial charge in [0.05, 0.1) is 0 Å². The van der Waals surface area contributed by atoms with Gasteiger partial charge in [0.25, 0.3) is 0 Å². The molecular formula is C6H4F3N. The molecule has 1 nitrogen and oxygen atoms in total. The third kappa shape index (κ3) is 1.05. The summed E-state index contributed by atoms with van der Waals surface area (Å²) in [5, 5.41) is 0. The lowest BCUT2D eigenvalue weighted by Crippen LogP contribution is -1.90. The molecule has 54 valence electrons. The zero-order chi connectivity index (χ0) is 7.56. The van der Waals surface area contributed by atoms with Gasteiger partial charge >= 0.3 is 0 Å². The zero-order valence-corrected chi connectivity index (χ0v) is 4.87. The molecule has 1 N–H and O–H groups in total. The molecule has 0 aliphatic heterocycles. The third-order valence-electron chi connectivity index (χ3n) is 1.05. The molecule has 0 saturated heterocycles. The molecule has 1 rings (SSSR count). The summed E-state index contributed by atoms with van der Waals surface area (Å²) in [7, 11) is 0. The van der Waals surface area contributed by atoms with Crippen LogP contribution in [0.25, 0.3) is 0 Å².